The number of rotatable bonds is 5. The number of para-hydroxylation sites is 2. The van der Waals surface area contributed by atoms with Crippen molar-refractivity contribution in [2.75, 3.05) is 16.3 Å². The first kappa shape index (κ1) is 17.6. The van der Waals surface area contributed by atoms with Crippen LogP contribution in [-0.2, 0) is 10.0 Å². The van der Waals surface area contributed by atoms with Crippen LogP contribution in [0.15, 0.2) is 53.1 Å². The Morgan fingerprint density at radius 2 is 1.69 bits per heavy atom. The molecule has 0 fully saturated rings. The summed E-state index contributed by atoms with van der Waals surface area (Å²) in [4.78, 5) is 16.6. The van der Waals surface area contributed by atoms with Crippen molar-refractivity contribution in [1.29, 1.82) is 0 Å². The first-order valence-electron chi connectivity index (χ1n) is 7.61. The van der Waals surface area contributed by atoms with Crippen LogP contribution in [0, 0.1) is 6.92 Å². The number of carbonyl (C=O) groups excluding carboxylic acids is 1. The highest BCUT2D eigenvalue weighted by atomic mass is 32.2. The molecular weight excluding hydrogens is 356 g/mol. The largest absolute Gasteiger partial charge is 0.334 e. The topological polar surface area (TPSA) is 114 Å². The average Bonchev–Trinajstić information content (AvgIpc) is 3.02. The van der Waals surface area contributed by atoms with Crippen molar-refractivity contribution in [2.24, 2.45) is 0 Å². The highest BCUT2D eigenvalue weighted by Crippen LogP contribution is 2.23. The molecule has 8 nitrogen and oxygen atoms in total. The van der Waals surface area contributed by atoms with Gasteiger partial charge in [-0.3, -0.25) is 9.52 Å². The van der Waals surface area contributed by atoms with Gasteiger partial charge in [-0.2, -0.15) is 4.98 Å². The number of carbonyl (C=O) groups is 1. The third-order valence-corrected chi connectivity index (χ3v) is 3.98. The summed E-state index contributed by atoms with van der Waals surface area (Å²) < 4.78 is 30.3. The molecule has 0 atom stereocenters. The van der Waals surface area contributed by atoms with Crippen LogP contribution in [0.1, 0.15) is 16.2 Å². The molecule has 0 aliphatic rings. The molecule has 0 unspecified atom stereocenters. The van der Waals surface area contributed by atoms with E-state index in [-0.39, 0.29) is 5.91 Å². The molecule has 1 heterocycles. The van der Waals surface area contributed by atoms with Gasteiger partial charge in [0, 0.05) is 11.1 Å². The van der Waals surface area contributed by atoms with Gasteiger partial charge in [0.25, 0.3) is 11.8 Å². The molecule has 2 N–H and O–H groups in total. The minimum atomic E-state index is -3.46. The normalized spacial score (nSPS) is 11.2. The van der Waals surface area contributed by atoms with Crippen molar-refractivity contribution in [3.63, 3.8) is 0 Å². The standard InChI is InChI=1S/C17H16N4O4S/c1-11-18-17(25-20-11)13-9-7-12(8-10-13)16(22)19-14-5-3-4-6-15(14)21-26(2,23)24/h3-10,21H,1-2H3,(H,19,22). The highest BCUT2D eigenvalue weighted by molar-refractivity contribution is 7.92. The summed E-state index contributed by atoms with van der Waals surface area (Å²) in [5.74, 6) is 0.523. The minimum Gasteiger partial charge on any atom is -0.334 e. The van der Waals surface area contributed by atoms with Crippen LogP contribution in [-0.4, -0.2) is 30.7 Å². The number of aryl methyl sites for hydroxylation is 1. The smallest absolute Gasteiger partial charge is 0.257 e. The molecule has 26 heavy (non-hydrogen) atoms. The molecule has 1 amide bonds. The van der Waals surface area contributed by atoms with Gasteiger partial charge in [-0.15, -0.1) is 0 Å². The maximum absolute atomic E-state index is 12.4. The summed E-state index contributed by atoms with van der Waals surface area (Å²) in [6.45, 7) is 1.72. The average molecular weight is 372 g/mol. The lowest BCUT2D eigenvalue weighted by atomic mass is 10.1. The maximum Gasteiger partial charge on any atom is 0.257 e. The van der Waals surface area contributed by atoms with E-state index in [1.165, 1.54) is 0 Å². The molecule has 0 saturated heterocycles. The van der Waals surface area contributed by atoms with Gasteiger partial charge in [0.1, 0.15) is 0 Å². The van der Waals surface area contributed by atoms with E-state index in [0.29, 0.717) is 34.2 Å². The summed E-state index contributed by atoms with van der Waals surface area (Å²) in [6, 6.07) is 13.2. The van der Waals surface area contributed by atoms with E-state index in [2.05, 4.69) is 20.2 Å². The third kappa shape index (κ3) is 4.25. The molecule has 2 aromatic carbocycles. The van der Waals surface area contributed by atoms with Gasteiger partial charge in [-0.05, 0) is 43.3 Å². The lowest BCUT2D eigenvalue weighted by Gasteiger charge is -2.12. The zero-order chi connectivity index (χ0) is 18.7. The summed E-state index contributed by atoms with van der Waals surface area (Å²) in [5, 5.41) is 6.42. The number of hydrogen-bond acceptors (Lipinski definition) is 6. The van der Waals surface area contributed by atoms with Gasteiger partial charge in [0.15, 0.2) is 5.82 Å². The Morgan fingerprint density at radius 3 is 2.27 bits per heavy atom. The van der Waals surface area contributed by atoms with Crippen molar-refractivity contribution in [2.45, 2.75) is 6.92 Å². The number of nitrogens with zero attached hydrogens (tertiary/aromatic N) is 2. The molecule has 3 aromatic rings. The molecule has 0 bridgehead atoms. The molecule has 0 saturated carbocycles. The van der Waals surface area contributed by atoms with Crippen LogP contribution in [0.3, 0.4) is 0 Å². The van der Waals surface area contributed by atoms with Crippen molar-refractivity contribution in [1.82, 2.24) is 10.1 Å². The molecule has 3 rings (SSSR count). The zero-order valence-electron chi connectivity index (χ0n) is 14.1. The van der Waals surface area contributed by atoms with Gasteiger partial charge in [0.05, 0.1) is 17.6 Å². The predicted molar refractivity (Wildman–Crippen MR) is 97.3 cm³/mol. The fourth-order valence-electron chi connectivity index (χ4n) is 2.25. The van der Waals surface area contributed by atoms with E-state index < -0.39 is 10.0 Å². The molecule has 1 aromatic heterocycles. The first-order valence-corrected chi connectivity index (χ1v) is 9.50. The van der Waals surface area contributed by atoms with Gasteiger partial charge < -0.3 is 9.84 Å². The summed E-state index contributed by atoms with van der Waals surface area (Å²) in [7, 11) is -3.46. The number of benzene rings is 2. The fraction of sp³-hybridized carbons (Fsp3) is 0.118. The fourth-order valence-corrected chi connectivity index (χ4v) is 2.83. The van der Waals surface area contributed by atoms with E-state index in [9.17, 15) is 13.2 Å². The highest BCUT2D eigenvalue weighted by Gasteiger charge is 2.12. The Labute approximate surface area is 150 Å². The van der Waals surface area contributed by atoms with Gasteiger partial charge >= 0.3 is 0 Å². The van der Waals surface area contributed by atoms with Crippen LogP contribution >= 0.6 is 0 Å². The van der Waals surface area contributed by atoms with Crippen LogP contribution < -0.4 is 10.0 Å². The summed E-state index contributed by atoms with van der Waals surface area (Å²) >= 11 is 0. The lowest BCUT2D eigenvalue weighted by molar-refractivity contribution is 0.102. The molecule has 0 spiro atoms. The molecule has 0 radical (unpaired) electrons. The number of nitrogens with one attached hydrogen (secondary N) is 2. The van der Waals surface area contributed by atoms with Crippen LogP contribution in [0.25, 0.3) is 11.5 Å². The SMILES string of the molecule is Cc1noc(-c2ccc(C(=O)Nc3ccccc3NS(C)(=O)=O)cc2)n1. The Morgan fingerprint density at radius 1 is 1.04 bits per heavy atom. The third-order valence-electron chi connectivity index (χ3n) is 3.39. The van der Waals surface area contributed by atoms with Gasteiger partial charge in [-0.25, -0.2) is 8.42 Å². The number of amides is 1. The van der Waals surface area contributed by atoms with Gasteiger partial charge in [0.2, 0.25) is 10.0 Å². The summed E-state index contributed by atoms with van der Waals surface area (Å²) in [6.07, 6.45) is 1.05. The van der Waals surface area contributed by atoms with Crippen molar-refractivity contribution in [3.05, 3.63) is 59.9 Å². The summed E-state index contributed by atoms with van der Waals surface area (Å²) in [5.41, 5.74) is 1.75. The second-order valence-electron chi connectivity index (χ2n) is 5.60. The van der Waals surface area contributed by atoms with E-state index in [1.807, 2.05) is 0 Å². The molecule has 0 aliphatic carbocycles. The Kier molecular flexibility index (Phi) is 4.72. The van der Waals surface area contributed by atoms with E-state index >= 15 is 0 Å². The van der Waals surface area contributed by atoms with E-state index in [4.69, 9.17) is 4.52 Å². The van der Waals surface area contributed by atoms with E-state index in [0.717, 1.165) is 6.26 Å². The zero-order valence-corrected chi connectivity index (χ0v) is 14.9. The number of hydrogen-bond donors (Lipinski definition) is 2. The number of aromatic nitrogens is 2. The van der Waals surface area contributed by atoms with Crippen LogP contribution in [0.4, 0.5) is 11.4 Å². The maximum atomic E-state index is 12.4. The Hall–Kier alpha value is -3.20. The molecule has 134 valence electrons. The van der Waals surface area contributed by atoms with Crippen molar-refractivity contribution in [3.8, 4) is 11.5 Å². The van der Waals surface area contributed by atoms with Gasteiger partial charge in [-0.1, -0.05) is 17.3 Å². The quantitative estimate of drug-likeness (QED) is 0.712. The second-order valence-corrected chi connectivity index (χ2v) is 7.35. The second kappa shape index (κ2) is 6.96. The Balaban J connectivity index is 1.78. The van der Waals surface area contributed by atoms with Crippen LogP contribution in [0.5, 0.6) is 0 Å². The molecular formula is C17H16N4O4S. The number of sulfonamides is 1. The van der Waals surface area contributed by atoms with E-state index in [1.54, 1.807) is 55.5 Å². The molecule has 9 heteroatoms. The minimum absolute atomic E-state index is 0.293. The van der Waals surface area contributed by atoms with Crippen LogP contribution in [0.2, 0.25) is 0 Å². The monoisotopic (exact) mass is 372 g/mol. The lowest BCUT2D eigenvalue weighted by Crippen LogP contribution is -2.16. The van der Waals surface area contributed by atoms with Crippen molar-refractivity contribution >= 4 is 27.3 Å². The van der Waals surface area contributed by atoms with Crippen molar-refractivity contribution < 1.29 is 17.7 Å². The first-order chi connectivity index (χ1) is 12.3. The number of anilines is 2. The predicted octanol–water partition coefficient (Wildman–Crippen LogP) is 2.67. The molecule has 0 aliphatic heterocycles. The Bertz CT molecular complexity index is 1040.